The second kappa shape index (κ2) is 10.3. The van der Waals surface area contributed by atoms with Crippen molar-refractivity contribution in [2.45, 2.75) is 65.0 Å². The van der Waals surface area contributed by atoms with Crippen molar-refractivity contribution < 1.29 is 14.2 Å². The molecule has 1 N–H and O–H groups in total. The van der Waals surface area contributed by atoms with Gasteiger partial charge in [0.2, 0.25) is 11.8 Å². The van der Waals surface area contributed by atoms with Crippen molar-refractivity contribution in [3.8, 4) is 22.8 Å². The van der Waals surface area contributed by atoms with Crippen LogP contribution >= 0.6 is 0 Å². The van der Waals surface area contributed by atoms with Crippen molar-refractivity contribution in [1.82, 2.24) is 9.97 Å². The number of anilines is 1. The molecule has 31 heavy (non-hydrogen) atoms. The fourth-order valence-corrected chi connectivity index (χ4v) is 4.23. The number of hydrogen-bond donors (Lipinski definition) is 1. The predicted octanol–water partition coefficient (Wildman–Crippen LogP) is 5.34. The molecule has 1 aliphatic carbocycles. The van der Waals surface area contributed by atoms with Gasteiger partial charge in [0.25, 0.3) is 0 Å². The summed E-state index contributed by atoms with van der Waals surface area (Å²) in [4.78, 5) is 9.40. The van der Waals surface area contributed by atoms with Gasteiger partial charge in [-0.25, -0.2) is 4.98 Å². The van der Waals surface area contributed by atoms with Gasteiger partial charge in [-0.2, -0.15) is 4.98 Å². The molecule has 6 nitrogen and oxygen atoms in total. The molecule has 1 atom stereocenters. The quantitative estimate of drug-likeness (QED) is 0.616. The Morgan fingerprint density at radius 1 is 1.10 bits per heavy atom. The Hall–Kier alpha value is -2.34. The third-order valence-electron chi connectivity index (χ3n) is 6.12. The second-order valence-corrected chi connectivity index (χ2v) is 9.25. The van der Waals surface area contributed by atoms with E-state index < -0.39 is 0 Å². The third-order valence-corrected chi connectivity index (χ3v) is 6.12. The molecule has 2 aromatic rings. The van der Waals surface area contributed by atoms with Crippen LogP contribution in [0, 0.1) is 11.8 Å². The lowest BCUT2D eigenvalue weighted by atomic mass is 9.87. The van der Waals surface area contributed by atoms with Gasteiger partial charge in [-0.1, -0.05) is 19.1 Å². The molecule has 6 heteroatoms. The number of benzene rings is 1. The minimum absolute atomic E-state index is 0.148. The molecule has 0 radical (unpaired) electrons. The minimum atomic E-state index is 0.148. The zero-order chi connectivity index (χ0) is 21.6. The highest BCUT2D eigenvalue weighted by atomic mass is 16.5. The molecule has 168 valence electrons. The Morgan fingerprint density at radius 3 is 2.55 bits per heavy atom. The lowest BCUT2D eigenvalue weighted by Crippen LogP contribution is -2.26. The Labute approximate surface area is 185 Å². The molecular weight excluding hydrogens is 390 g/mol. The van der Waals surface area contributed by atoms with E-state index in [0.717, 1.165) is 42.4 Å². The highest BCUT2D eigenvalue weighted by Gasteiger charge is 2.21. The number of nitrogens with one attached hydrogen (secondary N) is 1. The minimum Gasteiger partial charge on any atom is -0.491 e. The van der Waals surface area contributed by atoms with E-state index in [1.165, 1.54) is 25.7 Å². The van der Waals surface area contributed by atoms with Crippen LogP contribution in [0.2, 0.25) is 0 Å². The fraction of sp³-hybridized carbons (Fsp3) is 0.600. The summed E-state index contributed by atoms with van der Waals surface area (Å²) in [6.45, 7) is 8.57. The Balaban J connectivity index is 1.52. The maximum atomic E-state index is 6.21. The third kappa shape index (κ3) is 6.10. The molecule has 2 fully saturated rings. The summed E-state index contributed by atoms with van der Waals surface area (Å²) >= 11 is 0. The Morgan fingerprint density at radius 2 is 1.87 bits per heavy atom. The molecule has 1 aromatic heterocycles. The summed E-state index contributed by atoms with van der Waals surface area (Å²) in [7, 11) is 0. The Bertz CT molecular complexity index is 826. The highest BCUT2D eigenvalue weighted by molar-refractivity contribution is 5.69. The zero-order valence-corrected chi connectivity index (χ0v) is 19.0. The van der Waals surface area contributed by atoms with E-state index in [9.17, 15) is 0 Å². The molecule has 4 rings (SSSR count). The molecular formula is C25H35N3O3. The molecule has 0 bridgehead atoms. The van der Waals surface area contributed by atoms with Crippen LogP contribution in [0.4, 0.5) is 5.95 Å². The summed E-state index contributed by atoms with van der Waals surface area (Å²) in [5.41, 5.74) is 1.92. The van der Waals surface area contributed by atoms with Crippen LogP contribution in [0.25, 0.3) is 11.1 Å². The first-order valence-electron chi connectivity index (χ1n) is 11.7. The van der Waals surface area contributed by atoms with Crippen molar-refractivity contribution in [2.24, 2.45) is 11.8 Å². The average molecular weight is 426 g/mol. The summed E-state index contributed by atoms with van der Waals surface area (Å²) in [5, 5.41) is 3.53. The number of hydrogen-bond acceptors (Lipinski definition) is 6. The van der Waals surface area contributed by atoms with E-state index in [-0.39, 0.29) is 6.10 Å². The first-order valence-corrected chi connectivity index (χ1v) is 11.7. The van der Waals surface area contributed by atoms with Crippen LogP contribution in [-0.2, 0) is 4.74 Å². The molecule has 2 aliphatic rings. The molecule has 0 spiro atoms. The standard InChI is InChI=1S/C25H35N3O3/c1-17(2)31-22-10-6-20(7-11-22)23-14-26-25(27-21-8-4-18(3)5-9-21)28-24(23)30-16-19-12-13-29-15-19/h6-7,10-11,14,17-19,21H,4-5,8-9,12-13,15-16H2,1-3H3,(H,26,27,28). The molecule has 0 amide bonds. The van der Waals surface area contributed by atoms with Gasteiger partial charge in [-0.15, -0.1) is 0 Å². The first kappa shape index (κ1) is 21.9. The first-order chi connectivity index (χ1) is 15.1. The van der Waals surface area contributed by atoms with Gasteiger partial charge in [-0.3, -0.25) is 0 Å². The van der Waals surface area contributed by atoms with E-state index in [2.05, 4.69) is 17.2 Å². The van der Waals surface area contributed by atoms with Gasteiger partial charge in [-0.05, 0) is 69.6 Å². The summed E-state index contributed by atoms with van der Waals surface area (Å²) < 4.78 is 17.5. The van der Waals surface area contributed by atoms with Gasteiger partial charge in [0, 0.05) is 24.8 Å². The monoisotopic (exact) mass is 425 g/mol. The van der Waals surface area contributed by atoms with E-state index >= 15 is 0 Å². The maximum absolute atomic E-state index is 6.21. The van der Waals surface area contributed by atoms with Crippen LogP contribution in [0.1, 0.15) is 52.9 Å². The van der Waals surface area contributed by atoms with Crippen molar-refractivity contribution in [1.29, 1.82) is 0 Å². The molecule has 1 aromatic carbocycles. The summed E-state index contributed by atoms with van der Waals surface area (Å²) in [6, 6.07) is 8.49. The summed E-state index contributed by atoms with van der Waals surface area (Å²) in [6.07, 6.45) is 7.90. The van der Waals surface area contributed by atoms with Gasteiger partial charge in [0.1, 0.15) is 5.75 Å². The average Bonchev–Trinajstić information content (AvgIpc) is 3.28. The molecule has 1 unspecified atom stereocenters. The SMILES string of the molecule is CC1CCC(Nc2ncc(-c3ccc(OC(C)C)cc3)c(OCC3CCOC3)n2)CC1. The van der Waals surface area contributed by atoms with Crippen LogP contribution in [0.3, 0.4) is 0 Å². The molecule has 2 heterocycles. The van der Waals surface area contributed by atoms with Crippen molar-refractivity contribution >= 4 is 5.95 Å². The van der Waals surface area contributed by atoms with Crippen molar-refractivity contribution in [2.75, 3.05) is 25.1 Å². The van der Waals surface area contributed by atoms with E-state index in [4.69, 9.17) is 19.2 Å². The maximum Gasteiger partial charge on any atom is 0.226 e. The lowest BCUT2D eigenvalue weighted by molar-refractivity contribution is 0.165. The van der Waals surface area contributed by atoms with Crippen LogP contribution in [0.5, 0.6) is 11.6 Å². The smallest absolute Gasteiger partial charge is 0.226 e. The van der Waals surface area contributed by atoms with E-state index in [1.807, 2.05) is 44.3 Å². The lowest BCUT2D eigenvalue weighted by Gasteiger charge is -2.27. The number of rotatable bonds is 8. The van der Waals surface area contributed by atoms with Gasteiger partial charge in [0.05, 0.1) is 24.9 Å². The number of nitrogens with zero attached hydrogens (tertiary/aromatic N) is 2. The predicted molar refractivity (Wildman–Crippen MR) is 123 cm³/mol. The van der Waals surface area contributed by atoms with Crippen molar-refractivity contribution in [3.63, 3.8) is 0 Å². The van der Waals surface area contributed by atoms with Gasteiger partial charge >= 0.3 is 0 Å². The fourth-order valence-electron chi connectivity index (χ4n) is 4.23. The zero-order valence-electron chi connectivity index (χ0n) is 19.0. The van der Waals surface area contributed by atoms with Crippen molar-refractivity contribution in [3.05, 3.63) is 30.5 Å². The highest BCUT2D eigenvalue weighted by Crippen LogP contribution is 2.32. The number of ether oxygens (including phenoxy) is 3. The van der Waals surface area contributed by atoms with Gasteiger partial charge < -0.3 is 19.5 Å². The van der Waals surface area contributed by atoms with E-state index in [1.54, 1.807) is 0 Å². The largest absolute Gasteiger partial charge is 0.491 e. The van der Waals surface area contributed by atoms with Gasteiger partial charge in [0.15, 0.2) is 0 Å². The molecule has 1 saturated carbocycles. The van der Waals surface area contributed by atoms with Crippen LogP contribution in [0.15, 0.2) is 30.5 Å². The molecule has 1 saturated heterocycles. The normalized spacial score (nSPS) is 23.7. The van der Waals surface area contributed by atoms with E-state index in [0.29, 0.717) is 30.4 Å². The molecule has 1 aliphatic heterocycles. The number of aromatic nitrogens is 2. The second-order valence-electron chi connectivity index (χ2n) is 9.25. The topological polar surface area (TPSA) is 65.5 Å². The van der Waals surface area contributed by atoms with Crippen LogP contribution < -0.4 is 14.8 Å². The summed E-state index contributed by atoms with van der Waals surface area (Å²) in [5.74, 6) is 3.37. The Kier molecular flexibility index (Phi) is 7.28. The van der Waals surface area contributed by atoms with Crippen LogP contribution in [-0.4, -0.2) is 41.9 Å².